The van der Waals surface area contributed by atoms with Gasteiger partial charge in [0.1, 0.15) is 4.90 Å². The van der Waals surface area contributed by atoms with Crippen LogP contribution >= 0.6 is 0 Å². The summed E-state index contributed by atoms with van der Waals surface area (Å²) in [6, 6.07) is 1.32. The first-order valence-corrected chi connectivity index (χ1v) is 8.81. The van der Waals surface area contributed by atoms with Crippen LogP contribution in [-0.4, -0.2) is 43.9 Å². The Morgan fingerprint density at radius 3 is 2.50 bits per heavy atom. The van der Waals surface area contributed by atoms with Gasteiger partial charge in [-0.2, -0.15) is 4.31 Å². The minimum atomic E-state index is -3.66. The van der Waals surface area contributed by atoms with Gasteiger partial charge in [0.05, 0.1) is 12.7 Å². The van der Waals surface area contributed by atoms with Gasteiger partial charge in [0, 0.05) is 25.5 Å². The van der Waals surface area contributed by atoms with E-state index in [0.717, 1.165) is 25.7 Å². The van der Waals surface area contributed by atoms with Gasteiger partial charge in [-0.15, -0.1) is 0 Å². The molecule has 7 heteroatoms. The topological polar surface area (TPSA) is 76.6 Å². The number of pyridine rings is 1. The lowest BCUT2D eigenvalue weighted by molar-refractivity contribution is 0.0600. The summed E-state index contributed by atoms with van der Waals surface area (Å²) in [5.41, 5.74) is 0.134. The fourth-order valence-electron chi connectivity index (χ4n) is 2.76. The SMILES string of the molecule is COC(=O)c1cncc(S(=O)(=O)N(C)C2CCC(C)CC2)c1. The Kier molecular flexibility index (Phi) is 5.18. The lowest BCUT2D eigenvalue weighted by Gasteiger charge is -2.32. The molecule has 0 amide bonds. The van der Waals surface area contributed by atoms with Gasteiger partial charge in [-0.1, -0.05) is 6.92 Å². The number of carbonyl (C=O) groups excluding carboxylic acids is 1. The molecule has 122 valence electrons. The minimum Gasteiger partial charge on any atom is -0.465 e. The quantitative estimate of drug-likeness (QED) is 0.792. The van der Waals surface area contributed by atoms with Crippen LogP contribution in [0, 0.1) is 5.92 Å². The minimum absolute atomic E-state index is 0.00276. The summed E-state index contributed by atoms with van der Waals surface area (Å²) in [7, 11) is -0.810. The van der Waals surface area contributed by atoms with E-state index in [-0.39, 0.29) is 16.5 Å². The Hall–Kier alpha value is -1.47. The van der Waals surface area contributed by atoms with Crippen molar-refractivity contribution >= 4 is 16.0 Å². The third-order valence-electron chi connectivity index (χ3n) is 4.31. The van der Waals surface area contributed by atoms with Crippen LogP contribution in [0.2, 0.25) is 0 Å². The molecule has 0 bridgehead atoms. The third-order valence-corrected chi connectivity index (χ3v) is 6.19. The number of ether oxygens (including phenoxy) is 1. The lowest BCUT2D eigenvalue weighted by Crippen LogP contribution is -2.39. The van der Waals surface area contributed by atoms with Gasteiger partial charge >= 0.3 is 5.97 Å². The van der Waals surface area contributed by atoms with Gasteiger partial charge in [0.15, 0.2) is 0 Å². The van der Waals surface area contributed by atoms with Gasteiger partial charge in [-0.3, -0.25) is 4.98 Å². The molecule has 0 N–H and O–H groups in total. The molecule has 22 heavy (non-hydrogen) atoms. The van der Waals surface area contributed by atoms with Crippen LogP contribution in [0.5, 0.6) is 0 Å². The molecule has 0 aromatic carbocycles. The zero-order valence-corrected chi connectivity index (χ0v) is 14.0. The maximum Gasteiger partial charge on any atom is 0.339 e. The Balaban J connectivity index is 2.24. The van der Waals surface area contributed by atoms with Crippen molar-refractivity contribution in [3.8, 4) is 0 Å². The molecule has 1 aromatic heterocycles. The molecule has 6 nitrogen and oxygen atoms in total. The van der Waals surface area contributed by atoms with Gasteiger partial charge in [-0.25, -0.2) is 13.2 Å². The highest BCUT2D eigenvalue weighted by molar-refractivity contribution is 7.89. The van der Waals surface area contributed by atoms with Crippen molar-refractivity contribution in [2.75, 3.05) is 14.2 Å². The second kappa shape index (κ2) is 6.75. The van der Waals surface area contributed by atoms with Crippen LogP contribution in [0.15, 0.2) is 23.4 Å². The summed E-state index contributed by atoms with van der Waals surface area (Å²) >= 11 is 0. The largest absolute Gasteiger partial charge is 0.465 e. The average molecular weight is 326 g/mol. The summed E-state index contributed by atoms with van der Waals surface area (Å²) in [6.07, 6.45) is 6.36. The number of esters is 1. The molecule has 0 aliphatic heterocycles. The first kappa shape index (κ1) is 16.9. The normalized spacial score (nSPS) is 22.5. The molecular formula is C15H22N2O4S. The summed E-state index contributed by atoms with van der Waals surface area (Å²) in [5.74, 6) is 0.0513. The first-order valence-electron chi connectivity index (χ1n) is 7.37. The predicted octanol–water partition coefficient (Wildman–Crippen LogP) is 2.07. The highest BCUT2D eigenvalue weighted by atomic mass is 32.2. The smallest absolute Gasteiger partial charge is 0.339 e. The van der Waals surface area contributed by atoms with E-state index in [1.165, 1.54) is 29.9 Å². The standard InChI is InChI=1S/C15H22N2O4S/c1-11-4-6-13(7-5-11)17(2)22(19,20)14-8-12(9-16-10-14)15(18)21-3/h8-11,13H,4-7H2,1-3H3. The molecule has 1 aliphatic rings. The van der Waals surface area contributed by atoms with Crippen LogP contribution in [0.1, 0.15) is 43.0 Å². The fraction of sp³-hybridized carbons (Fsp3) is 0.600. The molecule has 0 unspecified atom stereocenters. The van der Waals surface area contributed by atoms with E-state index in [1.807, 2.05) is 0 Å². The van der Waals surface area contributed by atoms with Crippen LogP contribution in [-0.2, 0) is 14.8 Å². The van der Waals surface area contributed by atoms with E-state index >= 15 is 0 Å². The molecule has 1 heterocycles. The molecule has 1 fully saturated rings. The van der Waals surface area contributed by atoms with E-state index in [4.69, 9.17) is 0 Å². The number of carbonyl (C=O) groups is 1. The van der Waals surface area contributed by atoms with Gasteiger partial charge < -0.3 is 4.74 Å². The fourth-order valence-corrected chi connectivity index (χ4v) is 4.16. The summed E-state index contributed by atoms with van der Waals surface area (Å²) in [5, 5.41) is 0. The second-order valence-electron chi connectivity index (χ2n) is 5.84. The highest BCUT2D eigenvalue weighted by Crippen LogP contribution is 2.29. The van der Waals surface area contributed by atoms with E-state index in [2.05, 4.69) is 16.6 Å². The number of methoxy groups -OCH3 is 1. The zero-order valence-electron chi connectivity index (χ0n) is 13.2. The number of rotatable bonds is 4. The van der Waals surface area contributed by atoms with Crippen molar-refractivity contribution in [1.29, 1.82) is 0 Å². The van der Waals surface area contributed by atoms with Gasteiger partial charge in [-0.05, 0) is 37.7 Å². The van der Waals surface area contributed by atoms with E-state index in [1.54, 1.807) is 7.05 Å². The van der Waals surface area contributed by atoms with Crippen molar-refractivity contribution in [2.24, 2.45) is 5.92 Å². The Morgan fingerprint density at radius 2 is 1.91 bits per heavy atom. The van der Waals surface area contributed by atoms with Crippen molar-refractivity contribution in [1.82, 2.24) is 9.29 Å². The number of hydrogen-bond donors (Lipinski definition) is 0. The van der Waals surface area contributed by atoms with Gasteiger partial charge in [0.25, 0.3) is 0 Å². The molecule has 1 aliphatic carbocycles. The Bertz CT molecular complexity index is 637. The number of hydrogen-bond acceptors (Lipinski definition) is 5. The van der Waals surface area contributed by atoms with Crippen molar-refractivity contribution in [3.63, 3.8) is 0 Å². The molecule has 1 aromatic rings. The molecular weight excluding hydrogens is 304 g/mol. The molecule has 0 spiro atoms. The second-order valence-corrected chi connectivity index (χ2v) is 7.83. The monoisotopic (exact) mass is 326 g/mol. The average Bonchev–Trinajstić information content (AvgIpc) is 2.54. The molecule has 0 radical (unpaired) electrons. The Morgan fingerprint density at radius 1 is 1.27 bits per heavy atom. The summed E-state index contributed by atoms with van der Waals surface area (Å²) in [6.45, 7) is 2.19. The maximum absolute atomic E-state index is 12.7. The van der Waals surface area contributed by atoms with E-state index in [0.29, 0.717) is 5.92 Å². The Labute approximate surface area is 131 Å². The number of sulfonamides is 1. The zero-order chi connectivity index (χ0) is 16.3. The van der Waals surface area contributed by atoms with E-state index < -0.39 is 16.0 Å². The van der Waals surface area contributed by atoms with Crippen molar-refractivity contribution < 1.29 is 17.9 Å². The van der Waals surface area contributed by atoms with E-state index in [9.17, 15) is 13.2 Å². The van der Waals surface area contributed by atoms with Crippen LogP contribution in [0.3, 0.4) is 0 Å². The maximum atomic E-state index is 12.7. The summed E-state index contributed by atoms with van der Waals surface area (Å²) < 4.78 is 31.4. The number of aromatic nitrogens is 1. The highest BCUT2D eigenvalue weighted by Gasteiger charge is 2.31. The first-order chi connectivity index (χ1) is 10.4. The van der Waals surface area contributed by atoms with Crippen LogP contribution in [0.25, 0.3) is 0 Å². The molecule has 0 saturated heterocycles. The third kappa shape index (κ3) is 3.47. The molecule has 2 rings (SSSR count). The van der Waals surface area contributed by atoms with Gasteiger partial charge in [0.2, 0.25) is 10.0 Å². The van der Waals surface area contributed by atoms with Crippen LogP contribution < -0.4 is 0 Å². The van der Waals surface area contributed by atoms with Crippen molar-refractivity contribution in [3.05, 3.63) is 24.0 Å². The molecule has 0 atom stereocenters. The molecule has 1 saturated carbocycles. The summed E-state index contributed by atoms with van der Waals surface area (Å²) in [4.78, 5) is 15.4. The van der Waals surface area contributed by atoms with Crippen LogP contribution in [0.4, 0.5) is 0 Å². The number of nitrogens with zero attached hydrogens (tertiary/aromatic N) is 2. The van der Waals surface area contributed by atoms with Crippen molar-refractivity contribution in [2.45, 2.75) is 43.5 Å². The lowest BCUT2D eigenvalue weighted by atomic mass is 9.87. The predicted molar refractivity (Wildman–Crippen MR) is 81.9 cm³/mol.